The fourth-order valence-corrected chi connectivity index (χ4v) is 13.4. The predicted molar refractivity (Wildman–Crippen MR) is 481 cm³/mol. The third-order valence-electron chi connectivity index (χ3n) is 18.6. The van der Waals surface area contributed by atoms with Gasteiger partial charge in [-0.05, 0) is 148 Å². The molecular weight excluding hydrogens is 1480 g/mol. The highest BCUT2D eigenvalue weighted by Crippen LogP contribution is 2.45. The summed E-state index contributed by atoms with van der Waals surface area (Å²) >= 11 is 0. The summed E-state index contributed by atoms with van der Waals surface area (Å²) in [7, 11) is -9.84. The Morgan fingerprint density at radius 3 is 0.765 bits per heavy atom. The molecule has 0 rings (SSSR count). The first-order chi connectivity index (χ1) is 56.2. The number of hydrogen-bond acceptors (Lipinski definition) is 14. The quantitative estimate of drug-likeness (QED) is 0.0146. The van der Waals surface area contributed by atoms with Crippen molar-refractivity contribution in [2.24, 2.45) is 0 Å². The molecule has 0 aromatic rings. The van der Waals surface area contributed by atoms with Gasteiger partial charge >= 0.3 is 33.6 Å². The Morgan fingerprint density at radius 2 is 0.478 bits per heavy atom. The van der Waals surface area contributed by atoms with Gasteiger partial charge in [0.1, 0.15) is 25.4 Å². The van der Waals surface area contributed by atoms with Crippen molar-refractivity contribution in [1.29, 1.82) is 0 Å². The smallest absolute Gasteiger partial charge is 0.463 e. The van der Waals surface area contributed by atoms with Crippen LogP contribution in [-0.2, 0) is 55.8 Å². The van der Waals surface area contributed by atoms with Gasteiger partial charge in [0.15, 0.2) is 6.10 Å². The number of hydrogen-bond donors (Lipinski definition) is 4. The van der Waals surface area contributed by atoms with Crippen molar-refractivity contribution >= 4 is 33.6 Å². The maximum absolute atomic E-state index is 13.0. The van der Waals surface area contributed by atoms with Crippen LogP contribution in [0, 0.1) is 0 Å². The summed E-state index contributed by atoms with van der Waals surface area (Å²) in [5.41, 5.74) is 0. The highest BCUT2D eigenvalue weighted by atomic mass is 31.2. The van der Waals surface area contributed by atoms with Crippen LogP contribution in [0.1, 0.15) is 355 Å². The van der Waals surface area contributed by atoms with Crippen molar-refractivity contribution in [2.45, 2.75) is 373 Å². The predicted octanol–water partition coefficient (Wildman–Crippen LogP) is 27.7. The normalized spacial score (nSPS) is 14.7. The molecule has 0 radical (unpaired) electrons. The number of esters is 3. The minimum atomic E-state index is -4.96. The molecule has 18 heteroatoms. The molecule has 0 aromatic heterocycles. The number of allylic oxidation sites excluding steroid dienone is 30. The molecule has 0 amide bonds. The van der Waals surface area contributed by atoms with Crippen LogP contribution in [-0.4, -0.2) is 95.9 Å². The van der Waals surface area contributed by atoms with E-state index >= 15 is 0 Å². The van der Waals surface area contributed by atoms with Gasteiger partial charge in [-0.3, -0.25) is 32.5 Å². The van der Waals surface area contributed by atoms with Gasteiger partial charge in [0.05, 0.1) is 26.4 Å². The highest BCUT2D eigenvalue weighted by molar-refractivity contribution is 7.47. The Kier molecular flexibility index (Phi) is 83.9. The topological polar surface area (TPSA) is 231 Å². The molecule has 656 valence electrons. The van der Waals surface area contributed by atoms with E-state index in [-0.39, 0.29) is 19.3 Å². The van der Waals surface area contributed by atoms with Crippen LogP contribution < -0.4 is 0 Å². The second-order valence-electron chi connectivity index (χ2n) is 29.6. The molecule has 0 fully saturated rings. The average Bonchev–Trinajstić information content (AvgIpc) is 0.893. The number of carbonyl (C=O) groups is 3. The number of phosphoric ester groups is 2. The summed E-state index contributed by atoms with van der Waals surface area (Å²) in [6.45, 7) is 2.36. The van der Waals surface area contributed by atoms with Gasteiger partial charge in [0.2, 0.25) is 0 Å². The van der Waals surface area contributed by atoms with Gasteiger partial charge in [-0.2, -0.15) is 0 Å². The number of aliphatic hydroxyl groups is 2. The van der Waals surface area contributed by atoms with Crippen molar-refractivity contribution in [3.8, 4) is 0 Å². The Balaban J connectivity index is 4.58. The molecule has 0 aromatic carbocycles. The maximum atomic E-state index is 13.0. The van der Waals surface area contributed by atoms with Crippen LogP contribution in [0.5, 0.6) is 0 Å². The van der Waals surface area contributed by atoms with Crippen LogP contribution in [0.15, 0.2) is 182 Å². The molecule has 0 aliphatic heterocycles. The maximum Gasteiger partial charge on any atom is 0.472 e. The molecule has 0 aliphatic carbocycles. The lowest BCUT2D eigenvalue weighted by atomic mass is 10.0. The summed E-state index contributed by atoms with van der Waals surface area (Å²) in [5.74, 6) is -1.68. The molecular formula is C97H162O16P2. The monoisotopic (exact) mass is 1650 g/mol. The SMILES string of the molecule is CC/C=C\C/C=C\C/C=C\C/C=C\C/C=C\C/C=C\CCC(=O)OC(COC(=O)CCCCCCCCCCCCC/C=C\C/C=C\C/C=C\C/C=C\CCCCC)COP(=O)(O)OCC(O)COP(=O)(O)OCC(O)COC(=O)CCCCCCCCCCCCCCCCCCC/C=C\C/C=C\C/C=C\C/C=C\C/C=C\CC. The van der Waals surface area contributed by atoms with Gasteiger partial charge < -0.3 is 34.2 Å². The Morgan fingerprint density at radius 1 is 0.252 bits per heavy atom. The van der Waals surface area contributed by atoms with Crippen molar-refractivity contribution < 1.29 is 75.8 Å². The van der Waals surface area contributed by atoms with E-state index in [1.54, 1.807) is 0 Å². The molecule has 16 nitrogen and oxygen atoms in total. The fraction of sp³-hybridized carbons (Fsp3) is 0.660. The molecule has 0 saturated heterocycles. The average molecular weight is 1650 g/mol. The van der Waals surface area contributed by atoms with Crippen LogP contribution in [0.4, 0.5) is 0 Å². The van der Waals surface area contributed by atoms with E-state index in [1.165, 1.54) is 154 Å². The van der Waals surface area contributed by atoms with Gasteiger partial charge in [-0.15, -0.1) is 0 Å². The molecule has 115 heavy (non-hydrogen) atoms. The first-order valence-electron chi connectivity index (χ1n) is 45.1. The van der Waals surface area contributed by atoms with Crippen LogP contribution in [0.25, 0.3) is 0 Å². The van der Waals surface area contributed by atoms with E-state index < -0.39 is 91.5 Å². The zero-order chi connectivity index (χ0) is 83.6. The molecule has 5 atom stereocenters. The van der Waals surface area contributed by atoms with Crippen molar-refractivity contribution in [3.05, 3.63) is 182 Å². The van der Waals surface area contributed by atoms with Gasteiger partial charge in [0, 0.05) is 19.3 Å². The molecule has 0 heterocycles. The highest BCUT2D eigenvalue weighted by Gasteiger charge is 2.29. The number of ether oxygens (including phenoxy) is 3. The van der Waals surface area contributed by atoms with Crippen LogP contribution >= 0.6 is 15.6 Å². The lowest BCUT2D eigenvalue weighted by Gasteiger charge is -2.21. The van der Waals surface area contributed by atoms with Crippen LogP contribution in [0.2, 0.25) is 0 Å². The molecule has 5 unspecified atom stereocenters. The van der Waals surface area contributed by atoms with Gasteiger partial charge in [0.25, 0.3) is 0 Å². The Hall–Kier alpha value is -5.35. The molecule has 0 bridgehead atoms. The zero-order valence-corrected chi connectivity index (χ0v) is 73.9. The van der Waals surface area contributed by atoms with Crippen molar-refractivity contribution in [3.63, 3.8) is 0 Å². The standard InChI is InChI=1S/C97H162O16P2/c1-4-7-10-13-16-19-22-25-28-31-34-36-38-40-42-43-44-45-46-47-49-51-52-54-57-59-62-65-68-71-74-77-80-83-95(100)107-86-92(98)87-109-114(103,104)110-88-93(99)89-111-115(105,106)112-91-94(113-97(102)85-82-79-76-73-70-67-64-61-56-33-30-27-24-21-18-15-12-9-6-3)90-108-96(101)84-81-78-75-72-69-66-63-60-58-55-53-50-48-41-39-37-35-32-29-26-23-20-17-14-11-8-5-2/h7,9-10,12,16-21,25-30,34-37,40-42,48,56,61,67,70,76,79,92-94,98-99H,4-6,8,11,13-15,22-24,31-33,38-39,43-47,49-55,57-60,62-66,68-69,71-75,77-78,80-91H2,1-3H3,(H,103,104)(H,105,106)/b10-7-,12-9-,19-16-,20-17-,21-18-,28-25-,29-26-,30-27-,36-34-,37-35-,42-40-,48-41-,61-56-,70-67-,79-76-. The minimum absolute atomic E-state index is 0.0262. The first kappa shape index (κ1) is 110. The van der Waals surface area contributed by atoms with E-state index in [1.807, 2.05) is 18.2 Å². The largest absolute Gasteiger partial charge is 0.472 e. The number of carbonyl (C=O) groups excluding carboxylic acids is 3. The number of phosphoric acid groups is 2. The first-order valence-corrected chi connectivity index (χ1v) is 48.1. The summed E-state index contributed by atoms with van der Waals surface area (Å²) in [5, 5.41) is 20.7. The summed E-state index contributed by atoms with van der Waals surface area (Å²) in [4.78, 5) is 58.9. The summed E-state index contributed by atoms with van der Waals surface area (Å²) in [6.07, 6.45) is 115. The third kappa shape index (κ3) is 89.3. The molecule has 0 saturated carbocycles. The second-order valence-corrected chi connectivity index (χ2v) is 32.5. The molecule has 0 aliphatic rings. The van der Waals surface area contributed by atoms with Crippen molar-refractivity contribution in [2.75, 3.05) is 39.6 Å². The number of unbranched alkanes of at least 4 members (excludes halogenated alkanes) is 31. The van der Waals surface area contributed by atoms with Crippen LogP contribution in [0.3, 0.4) is 0 Å². The lowest BCUT2D eigenvalue weighted by molar-refractivity contribution is -0.161. The van der Waals surface area contributed by atoms with E-state index in [0.717, 1.165) is 135 Å². The second kappa shape index (κ2) is 87.9. The summed E-state index contributed by atoms with van der Waals surface area (Å²) < 4.78 is 61.3. The van der Waals surface area contributed by atoms with Gasteiger partial charge in [-0.25, -0.2) is 9.13 Å². The number of rotatable bonds is 84. The summed E-state index contributed by atoms with van der Waals surface area (Å²) in [6, 6.07) is 0. The Labute approximate surface area is 700 Å². The fourth-order valence-electron chi connectivity index (χ4n) is 11.8. The van der Waals surface area contributed by atoms with E-state index in [4.69, 9.17) is 32.3 Å². The van der Waals surface area contributed by atoms with E-state index in [9.17, 15) is 43.5 Å². The van der Waals surface area contributed by atoms with E-state index in [2.05, 4.69) is 185 Å². The third-order valence-corrected chi connectivity index (χ3v) is 20.5. The Bertz CT molecular complexity index is 2820. The molecule has 4 N–H and O–H groups in total. The van der Waals surface area contributed by atoms with E-state index in [0.29, 0.717) is 25.7 Å². The van der Waals surface area contributed by atoms with Crippen molar-refractivity contribution in [1.82, 2.24) is 0 Å². The van der Waals surface area contributed by atoms with Gasteiger partial charge in [-0.1, -0.05) is 370 Å². The zero-order valence-electron chi connectivity index (χ0n) is 72.1. The molecule has 0 spiro atoms. The number of aliphatic hydroxyl groups excluding tert-OH is 2. The minimum Gasteiger partial charge on any atom is -0.463 e. The lowest BCUT2D eigenvalue weighted by Crippen LogP contribution is -2.29.